The summed E-state index contributed by atoms with van der Waals surface area (Å²) in [6.45, 7) is 8.47. The van der Waals surface area contributed by atoms with Gasteiger partial charge < -0.3 is 26.0 Å². The number of hydrogen-bond donors (Lipinski definition) is 3. The van der Waals surface area contributed by atoms with E-state index >= 15 is 0 Å². The summed E-state index contributed by atoms with van der Waals surface area (Å²) in [4.78, 5) is 37.2. The lowest BCUT2D eigenvalue weighted by Crippen LogP contribution is -2.37. The molecular formula is C19H28N4O4. The summed E-state index contributed by atoms with van der Waals surface area (Å²) in [7, 11) is 0. The number of nitrogens with zero attached hydrogens (tertiary/aromatic N) is 1. The molecule has 8 nitrogen and oxygen atoms in total. The van der Waals surface area contributed by atoms with Crippen LogP contribution < -0.4 is 16.4 Å². The van der Waals surface area contributed by atoms with E-state index in [0.29, 0.717) is 24.3 Å². The van der Waals surface area contributed by atoms with Crippen molar-refractivity contribution in [1.82, 2.24) is 10.2 Å². The predicted octanol–water partition coefficient (Wildman–Crippen LogP) is 2.55. The van der Waals surface area contributed by atoms with E-state index in [1.165, 1.54) is 0 Å². The lowest BCUT2D eigenvalue weighted by Gasteiger charge is -2.22. The average Bonchev–Trinajstić information content (AvgIpc) is 2.92. The number of carbonyl (C=O) groups excluding carboxylic acids is 3. The Balaban J connectivity index is 1.90. The van der Waals surface area contributed by atoms with Gasteiger partial charge in [-0.15, -0.1) is 0 Å². The highest BCUT2D eigenvalue weighted by molar-refractivity contribution is 5.95. The van der Waals surface area contributed by atoms with Gasteiger partial charge in [0.1, 0.15) is 5.60 Å². The van der Waals surface area contributed by atoms with Gasteiger partial charge >= 0.3 is 12.1 Å². The van der Waals surface area contributed by atoms with E-state index in [9.17, 15) is 14.4 Å². The Hall–Kier alpha value is -2.77. The Morgan fingerprint density at radius 3 is 2.41 bits per heavy atom. The first-order valence-electron chi connectivity index (χ1n) is 8.99. The van der Waals surface area contributed by atoms with Gasteiger partial charge in [0, 0.05) is 30.4 Å². The SMILES string of the molecule is C[C@H]1C[C@@H](CNC(=O)OC(C)(C)C)CN1C(=O)c1ccc(NC(N)=O)cc1. The third-order valence-corrected chi connectivity index (χ3v) is 4.26. The predicted molar refractivity (Wildman–Crippen MR) is 102 cm³/mol. The summed E-state index contributed by atoms with van der Waals surface area (Å²) in [6.07, 6.45) is 0.362. The maximum atomic E-state index is 12.8. The number of carbonyl (C=O) groups is 3. The van der Waals surface area contributed by atoms with E-state index in [-0.39, 0.29) is 17.9 Å². The minimum atomic E-state index is -0.650. The molecule has 148 valence electrons. The summed E-state index contributed by atoms with van der Waals surface area (Å²) in [6, 6.07) is 6.02. The molecule has 0 radical (unpaired) electrons. The quantitative estimate of drug-likeness (QED) is 0.749. The normalized spacial score (nSPS) is 19.5. The minimum absolute atomic E-state index is 0.0753. The van der Waals surface area contributed by atoms with E-state index in [2.05, 4.69) is 10.6 Å². The van der Waals surface area contributed by atoms with E-state index in [1.54, 1.807) is 29.2 Å². The van der Waals surface area contributed by atoms with Crippen molar-refractivity contribution in [2.75, 3.05) is 18.4 Å². The number of primary amides is 1. The highest BCUT2D eigenvalue weighted by Gasteiger charge is 2.33. The molecule has 1 heterocycles. The molecular weight excluding hydrogens is 348 g/mol. The molecule has 8 heteroatoms. The fourth-order valence-corrected chi connectivity index (χ4v) is 3.12. The molecule has 1 fully saturated rings. The van der Waals surface area contributed by atoms with Crippen LogP contribution in [0.1, 0.15) is 44.5 Å². The van der Waals surface area contributed by atoms with Crippen LogP contribution >= 0.6 is 0 Å². The average molecular weight is 376 g/mol. The van der Waals surface area contributed by atoms with Crippen LogP contribution in [-0.2, 0) is 4.74 Å². The van der Waals surface area contributed by atoms with Crippen molar-refractivity contribution in [3.63, 3.8) is 0 Å². The van der Waals surface area contributed by atoms with Gasteiger partial charge in [-0.05, 0) is 64.3 Å². The maximum absolute atomic E-state index is 12.8. The fraction of sp³-hybridized carbons (Fsp3) is 0.526. The molecule has 4 N–H and O–H groups in total. The smallest absolute Gasteiger partial charge is 0.407 e. The van der Waals surface area contributed by atoms with Crippen molar-refractivity contribution in [3.05, 3.63) is 29.8 Å². The first-order valence-corrected chi connectivity index (χ1v) is 8.99. The Morgan fingerprint density at radius 1 is 1.22 bits per heavy atom. The lowest BCUT2D eigenvalue weighted by atomic mass is 10.1. The molecule has 27 heavy (non-hydrogen) atoms. The number of amides is 4. The van der Waals surface area contributed by atoms with Gasteiger partial charge in [-0.1, -0.05) is 0 Å². The van der Waals surface area contributed by atoms with Crippen molar-refractivity contribution < 1.29 is 19.1 Å². The standard InChI is InChI=1S/C19H28N4O4/c1-12-9-13(10-21-18(26)27-19(2,3)4)11-23(12)16(24)14-5-7-15(8-6-14)22-17(20)25/h5-8,12-13H,9-11H2,1-4H3,(H,21,26)(H3,20,22,25)/t12-,13-/m0/s1. The third-order valence-electron chi connectivity index (χ3n) is 4.26. The van der Waals surface area contributed by atoms with Crippen LogP contribution in [0, 0.1) is 5.92 Å². The zero-order valence-corrected chi connectivity index (χ0v) is 16.2. The van der Waals surface area contributed by atoms with Gasteiger partial charge in [0.15, 0.2) is 0 Å². The number of ether oxygens (including phenoxy) is 1. The Labute approximate surface area is 159 Å². The Bertz CT molecular complexity index is 697. The summed E-state index contributed by atoms with van der Waals surface area (Å²) in [5.41, 5.74) is 5.61. The van der Waals surface area contributed by atoms with Crippen LogP contribution in [0.5, 0.6) is 0 Å². The van der Waals surface area contributed by atoms with Crippen molar-refractivity contribution >= 4 is 23.7 Å². The molecule has 1 aliphatic heterocycles. The maximum Gasteiger partial charge on any atom is 0.407 e. The molecule has 0 saturated carbocycles. The van der Waals surface area contributed by atoms with Crippen molar-refractivity contribution in [2.24, 2.45) is 11.7 Å². The number of nitrogens with two attached hydrogens (primary N) is 1. The van der Waals surface area contributed by atoms with Gasteiger partial charge in [-0.2, -0.15) is 0 Å². The molecule has 0 aromatic heterocycles. The largest absolute Gasteiger partial charge is 0.444 e. The fourth-order valence-electron chi connectivity index (χ4n) is 3.12. The number of anilines is 1. The van der Waals surface area contributed by atoms with Crippen LogP contribution in [0.4, 0.5) is 15.3 Å². The van der Waals surface area contributed by atoms with E-state index in [1.807, 2.05) is 27.7 Å². The van der Waals surface area contributed by atoms with Gasteiger partial charge in [0.2, 0.25) is 0 Å². The summed E-state index contributed by atoms with van der Waals surface area (Å²) < 4.78 is 5.24. The molecule has 1 saturated heterocycles. The van der Waals surface area contributed by atoms with Gasteiger partial charge in [-0.25, -0.2) is 9.59 Å². The Morgan fingerprint density at radius 2 is 1.85 bits per heavy atom. The first kappa shape index (κ1) is 20.5. The highest BCUT2D eigenvalue weighted by atomic mass is 16.6. The number of benzene rings is 1. The van der Waals surface area contributed by atoms with E-state index in [0.717, 1.165) is 6.42 Å². The molecule has 4 amide bonds. The number of urea groups is 1. The molecule has 1 aliphatic rings. The molecule has 0 aliphatic carbocycles. The van der Waals surface area contributed by atoms with Crippen LogP contribution in [0.25, 0.3) is 0 Å². The second kappa shape index (κ2) is 8.28. The van der Waals surface area contributed by atoms with Crippen molar-refractivity contribution in [1.29, 1.82) is 0 Å². The molecule has 2 rings (SSSR count). The number of rotatable bonds is 4. The summed E-state index contributed by atoms with van der Waals surface area (Å²) >= 11 is 0. The molecule has 0 bridgehead atoms. The van der Waals surface area contributed by atoms with Crippen LogP contribution in [0.2, 0.25) is 0 Å². The monoisotopic (exact) mass is 376 g/mol. The van der Waals surface area contributed by atoms with Crippen LogP contribution in [0.3, 0.4) is 0 Å². The molecule has 1 aromatic carbocycles. The Kier molecular flexibility index (Phi) is 6.30. The topological polar surface area (TPSA) is 114 Å². The number of likely N-dealkylation sites (tertiary alicyclic amines) is 1. The van der Waals surface area contributed by atoms with Crippen LogP contribution in [0.15, 0.2) is 24.3 Å². The molecule has 1 aromatic rings. The number of hydrogen-bond acceptors (Lipinski definition) is 4. The first-order chi connectivity index (χ1) is 12.5. The van der Waals surface area contributed by atoms with E-state index < -0.39 is 17.7 Å². The van der Waals surface area contributed by atoms with Gasteiger partial charge in [0.25, 0.3) is 5.91 Å². The molecule has 0 unspecified atom stereocenters. The minimum Gasteiger partial charge on any atom is -0.444 e. The third kappa shape index (κ3) is 6.16. The summed E-state index contributed by atoms with van der Waals surface area (Å²) in [5, 5.41) is 5.24. The van der Waals surface area contributed by atoms with E-state index in [4.69, 9.17) is 10.5 Å². The summed E-state index contributed by atoms with van der Waals surface area (Å²) in [5.74, 6) is 0.0974. The molecule has 2 atom stereocenters. The zero-order valence-electron chi connectivity index (χ0n) is 16.2. The number of alkyl carbamates (subject to hydrolysis) is 1. The molecule has 0 spiro atoms. The van der Waals surface area contributed by atoms with Crippen molar-refractivity contribution in [2.45, 2.75) is 45.8 Å². The lowest BCUT2D eigenvalue weighted by molar-refractivity contribution is 0.0520. The zero-order chi connectivity index (χ0) is 20.2. The van der Waals surface area contributed by atoms with Gasteiger partial charge in [0.05, 0.1) is 0 Å². The number of nitrogens with one attached hydrogen (secondary N) is 2. The second-order valence-corrected chi connectivity index (χ2v) is 7.86. The highest BCUT2D eigenvalue weighted by Crippen LogP contribution is 2.25. The second-order valence-electron chi connectivity index (χ2n) is 7.86. The van der Waals surface area contributed by atoms with Crippen LogP contribution in [-0.4, -0.2) is 47.7 Å². The van der Waals surface area contributed by atoms with Crippen molar-refractivity contribution in [3.8, 4) is 0 Å². The van der Waals surface area contributed by atoms with Gasteiger partial charge in [-0.3, -0.25) is 4.79 Å².